The first-order chi connectivity index (χ1) is 9.19. The number of methoxy groups -OCH3 is 1. The smallest absolute Gasteiger partial charge is 0.201 e. The molecule has 104 valence electrons. The van der Waals surface area contributed by atoms with Gasteiger partial charge in [0.1, 0.15) is 5.75 Å². The van der Waals surface area contributed by atoms with Crippen LogP contribution in [0.5, 0.6) is 5.75 Å². The van der Waals surface area contributed by atoms with Crippen LogP contribution in [-0.4, -0.2) is 41.2 Å². The Kier molecular flexibility index (Phi) is 4.27. The molecule has 0 spiro atoms. The van der Waals surface area contributed by atoms with Gasteiger partial charge in [-0.1, -0.05) is 13.8 Å². The SMILES string of the molecule is CCN(CC)CCn1c(N)nc2cc(OC)ccc21. The molecule has 0 amide bonds. The molecule has 2 rings (SSSR count). The number of nitrogens with zero attached hydrogens (tertiary/aromatic N) is 3. The van der Waals surface area contributed by atoms with E-state index in [0.717, 1.165) is 43.0 Å². The largest absolute Gasteiger partial charge is 0.497 e. The van der Waals surface area contributed by atoms with Crippen LogP contribution in [0.1, 0.15) is 13.8 Å². The molecule has 19 heavy (non-hydrogen) atoms. The van der Waals surface area contributed by atoms with Crippen LogP contribution >= 0.6 is 0 Å². The fourth-order valence-corrected chi connectivity index (χ4v) is 2.27. The molecule has 2 aromatic rings. The summed E-state index contributed by atoms with van der Waals surface area (Å²) in [5.74, 6) is 1.37. The number of ether oxygens (including phenoxy) is 1. The maximum absolute atomic E-state index is 6.01. The minimum atomic E-state index is 0.565. The lowest BCUT2D eigenvalue weighted by molar-refractivity contribution is 0.292. The van der Waals surface area contributed by atoms with E-state index in [4.69, 9.17) is 10.5 Å². The van der Waals surface area contributed by atoms with Crippen molar-refractivity contribution < 1.29 is 4.74 Å². The first-order valence-corrected chi connectivity index (χ1v) is 6.71. The Balaban J connectivity index is 2.25. The second-order valence-electron chi connectivity index (χ2n) is 4.50. The van der Waals surface area contributed by atoms with Gasteiger partial charge in [0.15, 0.2) is 0 Å². The van der Waals surface area contributed by atoms with E-state index in [2.05, 4.69) is 28.3 Å². The molecular formula is C14H22N4O. The van der Waals surface area contributed by atoms with Crippen molar-refractivity contribution in [3.8, 4) is 5.75 Å². The fraction of sp³-hybridized carbons (Fsp3) is 0.500. The number of rotatable bonds is 6. The second-order valence-corrected chi connectivity index (χ2v) is 4.50. The van der Waals surface area contributed by atoms with E-state index in [1.165, 1.54) is 0 Å². The topological polar surface area (TPSA) is 56.3 Å². The Labute approximate surface area is 114 Å². The van der Waals surface area contributed by atoms with E-state index >= 15 is 0 Å². The van der Waals surface area contributed by atoms with Crippen LogP contribution in [0.3, 0.4) is 0 Å². The van der Waals surface area contributed by atoms with Gasteiger partial charge in [-0.05, 0) is 25.2 Å². The van der Waals surface area contributed by atoms with Crippen molar-refractivity contribution in [1.29, 1.82) is 0 Å². The van der Waals surface area contributed by atoms with Crippen LogP contribution in [0.25, 0.3) is 11.0 Å². The van der Waals surface area contributed by atoms with E-state index in [-0.39, 0.29) is 0 Å². The number of benzene rings is 1. The molecule has 0 saturated heterocycles. The maximum atomic E-state index is 6.01. The highest BCUT2D eigenvalue weighted by atomic mass is 16.5. The minimum Gasteiger partial charge on any atom is -0.497 e. The van der Waals surface area contributed by atoms with Gasteiger partial charge in [0.05, 0.1) is 18.1 Å². The molecule has 5 heteroatoms. The summed E-state index contributed by atoms with van der Waals surface area (Å²) in [5, 5.41) is 0. The highest BCUT2D eigenvalue weighted by molar-refractivity contribution is 5.79. The number of nitrogen functional groups attached to an aromatic ring is 1. The molecule has 0 fully saturated rings. The van der Waals surface area contributed by atoms with Crippen molar-refractivity contribution in [2.75, 3.05) is 32.5 Å². The molecule has 0 radical (unpaired) electrons. The molecule has 0 aliphatic rings. The van der Waals surface area contributed by atoms with Gasteiger partial charge in [0.2, 0.25) is 5.95 Å². The van der Waals surface area contributed by atoms with Crippen molar-refractivity contribution in [3.63, 3.8) is 0 Å². The van der Waals surface area contributed by atoms with E-state index in [9.17, 15) is 0 Å². The number of likely N-dealkylation sites (N-methyl/N-ethyl adjacent to an activating group) is 1. The van der Waals surface area contributed by atoms with Gasteiger partial charge in [-0.25, -0.2) is 4.98 Å². The van der Waals surface area contributed by atoms with Gasteiger partial charge < -0.3 is 19.9 Å². The summed E-state index contributed by atoms with van der Waals surface area (Å²) in [6, 6.07) is 5.87. The zero-order chi connectivity index (χ0) is 13.8. The summed E-state index contributed by atoms with van der Waals surface area (Å²) in [6.07, 6.45) is 0. The lowest BCUT2D eigenvalue weighted by atomic mass is 10.3. The van der Waals surface area contributed by atoms with Crippen LogP contribution in [0, 0.1) is 0 Å². The number of nitrogens with two attached hydrogens (primary N) is 1. The number of hydrogen-bond acceptors (Lipinski definition) is 4. The lowest BCUT2D eigenvalue weighted by Crippen LogP contribution is -2.27. The van der Waals surface area contributed by atoms with Crippen LogP contribution in [0.2, 0.25) is 0 Å². The molecule has 2 N–H and O–H groups in total. The number of anilines is 1. The third kappa shape index (κ3) is 2.81. The number of hydrogen-bond donors (Lipinski definition) is 1. The van der Waals surface area contributed by atoms with Gasteiger partial charge in [0.25, 0.3) is 0 Å². The highest BCUT2D eigenvalue weighted by Crippen LogP contribution is 2.22. The van der Waals surface area contributed by atoms with Gasteiger partial charge in [-0.15, -0.1) is 0 Å². The molecule has 0 atom stereocenters. The Morgan fingerprint density at radius 2 is 2.05 bits per heavy atom. The van der Waals surface area contributed by atoms with Crippen molar-refractivity contribution >= 4 is 17.0 Å². The molecule has 0 unspecified atom stereocenters. The fourth-order valence-electron chi connectivity index (χ4n) is 2.27. The summed E-state index contributed by atoms with van der Waals surface area (Å²) in [4.78, 5) is 6.76. The number of fused-ring (bicyclic) bond motifs is 1. The molecule has 0 saturated carbocycles. The summed E-state index contributed by atoms with van der Waals surface area (Å²) in [6.45, 7) is 8.28. The highest BCUT2D eigenvalue weighted by Gasteiger charge is 2.09. The number of aromatic nitrogens is 2. The number of imidazole rings is 1. The molecular weight excluding hydrogens is 240 g/mol. The zero-order valence-corrected chi connectivity index (χ0v) is 11.9. The molecule has 5 nitrogen and oxygen atoms in total. The average Bonchev–Trinajstić information content (AvgIpc) is 2.75. The van der Waals surface area contributed by atoms with Crippen molar-refractivity contribution in [2.45, 2.75) is 20.4 Å². The van der Waals surface area contributed by atoms with Crippen LogP contribution in [0.4, 0.5) is 5.95 Å². The summed E-state index contributed by atoms with van der Waals surface area (Å²) >= 11 is 0. The quantitative estimate of drug-likeness (QED) is 0.864. The molecule has 1 aromatic carbocycles. The first kappa shape index (κ1) is 13.7. The van der Waals surface area contributed by atoms with Crippen molar-refractivity contribution in [1.82, 2.24) is 14.5 Å². The van der Waals surface area contributed by atoms with E-state index in [0.29, 0.717) is 5.95 Å². The van der Waals surface area contributed by atoms with Gasteiger partial charge in [-0.3, -0.25) is 0 Å². The zero-order valence-electron chi connectivity index (χ0n) is 11.9. The predicted molar refractivity (Wildman–Crippen MR) is 78.5 cm³/mol. The monoisotopic (exact) mass is 262 g/mol. The second kappa shape index (κ2) is 5.93. The summed E-state index contributed by atoms with van der Waals surface area (Å²) < 4.78 is 7.27. The average molecular weight is 262 g/mol. The van der Waals surface area contributed by atoms with Gasteiger partial charge in [-0.2, -0.15) is 0 Å². The Morgan fingerprint density at radius 3 is 2.68 bits per heavy atom. The molecule has 1 aromatic heterocycles. The third-order valence-corrected chi connectivity index (χ3v) is 3.52. The standard InChI is InChI=1S/C14H22N4O/c1-4-17(5-2)8-9-18-13-7-6-11(19-3)10-12(13)16-14(18)15/h6-7,10H,4-5,8-9H2,1-3H3,(H2,15,16). The molecule has 0 bridgehead atoms. The third-order valence-electron chi connectivity index (χ3n) is 3.52. The van der Waals surface area contributed by atoms with Crippen molar-refractivity contribution in [3.05, 3.63) is 18.2 Å². The van der Waals surface area contributed by atoms with E-state index in [1.54, 1.807) is 7.11 Å². The summed E-state index contributed by atoms with van der Waals surface area (Å²) in [5.41, 5.74) is 7.95. The Morgan fingerprint density at radius 1 is 1.32 bits per heavy atom. The van der Waals surface area contributed by atoms with Crippen LogP contribution in [0.15, 0.2) is 18.2 Å². The van der Waals surface area contributed by atoms with Gasteiger partial charge >= 0.3 is 0 Å². The molecule has 1 heterocycles. The van der Waals surface area contributed by atoms with Crippen LogP contribution in [-0.2, 0) is 6.54 Å². The van der Waals surface area contributed by atoms with Crippen molar-refractivity contribution in [2.24, 2.45) is 0 Å². The first-order valence-electron chi connectivity index (χ1n) is 6.71. The predicted octanol–water partition coefficient (Wildman–Crippen LogP) is 1.97. The Hall–Kier alpha value is -1.75. The molecule has 0 aliphatic carbocycles. The lowest BCUT2D eigenvalue weighted by Gasteiger charge is -2.18. The maximum Gasteiger partial charge on any atom is 0.201 e. The van der Waals surface area contributed by atoms with E-state index < -0.39 is 0 Å². The minimum absolute atomic E-state index is 0.565. The summed E-state index contributed by atoms with van der Waals surface area (Å²) in [7, 11) is 1.65. The normalized spacial score (nSPS) is 11.4. The van der Waals surface area contributed by atoms with Crippen LogP contribution < -0.4 is 10.5 Å². The van der Waals surface area contributed by atoms with Gasteiger partial charge in [0, 0.05) is 19.2 Å². The molecule has 0 aliphatic heterocycles. The Bertz CT molecular complexity index is 546. The van der Waals surface area contributed by atoms with E-state index in [1.807, 2.05) is 18.2 Å².